The van der Waals surface area contributed by atoms with E-state index in [0.717, 1.165) is 42.9 Å². The van der Waals surface area contributed by atoms with Crippen LogP contribution in [0.2, 0.25) is 0 Å². The smallest absolute Gasteiger partial charge is 0.120 e. The van der Waals surface area contributed by atoms with E-state index in [-0.39, 0.29) is 18.3 Å². The number of ether oxygens (including phenoxy) is 2. The van der Waals surface area contributed by atoms with Gasteiger partial charge in [-0.2, -0.15) is 11.8 Å². The molecule has 0 aromatic heterocycles. The summed E-state index contributed by atoms with van der Waals surface area (Å²) in [7, 11) is 0. The Balaban J connectivity index is 1.65. The Hall–Kier alpha value is -1.15. The van der Waals surface area contributed by atoms with E-state index in [1.165, 1.54) is 5.75 Å². The maximum Gasteiger partial charge on any atom is 0.120 e. The summed E-state index contributed by atoms with van der Waals surface area (Å²) in [5, 5.41) is 8.76. The minimum Gasteiger partial charge on any atom is -0.490 e. The van der Waals surface area contributed by atoms with Crippen molar-refractivity contribution in [2.24, 2.45) is 0 Å². The molecule has 0 amide bonds. The molecular weight excluding hydrogens is 284 g/mol. The molecule has 2 heterocycles. The molecule has 3 nitrogen and oxygen atoms in total. The van der Waals surface area contributed by atoms with Crippen LogP contribution in [0.4, 0.5) is 0 Å². The molecule has 0 aliphatic carbocycles. The molecule has 0 radical (unpaired) electrons. The van der Waals surface area contributed by atoms with Gasteiger partial charge in [0.1, 0.15) is 18.5 Å². The molecule has 21 heavy (non-hydrogen) atoms. The Bertz CT molecular complexity index is 540. The van der Waals surface area contributed by atoms with E-state index in [2.05, 4.69) is 11.8 Å². The lowest BCUT2D eigenvalue weighted by molar-refractivity contribution is -0.0958. The van der Waals surface area contributed by atoms with Gasteiger partial charge in [-0.1, -0.05) is 17.9 Å². The zero-order valence-electron chi connectivity index (χ0n) is 12.0. The lowest BCUT2D eigenvalue weighted by Crippen LogP contribution is -2.43. The van der Waals surface area contributed by atoms with Crippen LogP contribution < -0.4 is 4.74 Å². The highest BCUT2D eigenvalue weighted by Gasteiger charge is 2.41. The van der Waals surface area contributed by atoms with Crippen LogP contribution in [-0.2, 0) is 4.74 Å². The Labute approximate surface area is 130 Å². The van der Waals surface area contributed by atoms with E-state index in [1.54, 1.807) is 0 Å². The standard InChI is InChI=1S/C17H20O3S/c18-8-2-4-14-3-1-5-15(11-14)20-16-6-9-19-17(12-16)7-10-21-13-17/h1,3,5,11,16,18H,6-10,12-13H2. The number of rotatable bonds is 2. The van der Waals surface area contributed by atoms with Crippen LogP contribution in [0.5, 0.6) is 5.75 Å². The lowest BCUT2D eigenvalue weighted by atomic mass is 9.91. The maximum absolute atomic E-state index is 8.76. The highest BCUT2D eigenvalue weighted by atomic mass is 32.2. The summed E-state index contributed by atoms with van der Waals surface area (Å²) in [4.78, 5) is 0. The maximum atomic E-state index is 8.76. The van der Waals surface area contributed by atoms with Crippen LogP contribution in [0.3, 0.4) is 0 Å². The molecule has 0 saturated carbocycles. The summed E-state index contributed by atoms with van der Waals surface area (Å²) in [5.41, 5.74) is 0.918. The van der Waals surface area contributed by atoms with Gasteiger partial charge in [-0.15, -0.1) is 0 Å². The predicted molar refractivity (Wildman–Crippen MR) is 84.7 cm³/mol. The zero-order chi connectivity index (χ0) is 14.5. The first-order chi connectivity index (χ1) is 10.3. The topological polar surface area (TPSA) is 38.7 Å². The molecule has 1 spiro atoms. The summed E-state index contributed by atoms with van der Waals surface area (Å²) in [6.07, 6.45) is 3.28. The van der Waals surface area contributed by atoms with Crippen LogP contribution in [0.15, 0.2) is 24.3 Å². The molecule has 2 fully saturated rings. The zero-order valence-corrected chi connectivity index (χ0v) is 12.8. The van der Waals surface area contributed by atoms with Gasteiger partial charge in [0, 0.05) is 24.2 Å². The fraction of sp³-hybridized carbons (Fsp3) is 0.529. The molecule has 1 aromatic carbocycles. The number of aliphatic hydroxyl groups excluding tert-OH is 1. The molecule has 4 heteroatoms. The molecule has 0 bridgehead atoms. The third-order valence-electron chi connectivity index (χ3n) is 3.96. The number of thioether (sulfide) groups is 1. The molecule has 1 aromatic rings. The molecule has 3 rings (SSSR count). The van der Waals surface area contributed by atoms with Crippen LogP contribution in [-0.4, -0.2) is 41.5 Å². The van der Waals surface area contributed by atoms with Gasteiger partial charge in [-0.25, -0.2) is 0 Å². The van der Waals surface area contributed by atoms with Crippen molar-refractivity contribution >= 4 is 11.8 Å². The molecule has 1 N–H and O–H groups in total. The van der Waals surface area contributed by atoms with Gasteiger partial charge in [-0.05, 0) is 30.4 Å². The second-order valence-corrected chi connectivity index (χ2v) is 6.66. The fourth-order valence-corrected chi connectivity index (χ4v) is 4.31. The second-order valence-electron chi connectivity index (χ2n) is 5.55. The second kappa shape index (κ2) is 6.74. The Kier molecular flexibility index (Phi) is 4.74. The molecule has 2 aliphatic rings. The third-order valence-corrected chi connectivity index (χ3v) is 5.19. The largest absolute Gasteiger partial charge is 0.490 e. The highest BCUT2D eigenvalue weighted by Crippen LogP contribution is 2.39. The minimum atomic E-state index is -0.120. The third kappa shape index (κ3) is 3.74. The first-order valence-electron chi connectivity index (χ1n) is 7.38. The molecule has 2 unspecified atom stereocenters. The number of hydrogen-bond donors (Lipinski definition) is 1. The van der Waals surface area contributed by atoms with E-state index in [1.807, 2.05) is 36.0 Å². The van der Waals surface area contributed by atoms with Crippen LogP contribution in [0.1, 0.15) is 24.8 Å². The number of benzene rings is 1. The fourth-order valence-electron chi connectivity index (χ4n) is 2.93. The van der Waals surface area contributed by atoms with Crippen molar-refractivity contribution in [1.29, 1.82) is 0 Å². The molecular formula is C17H20O3S. The molecule has 2 aliphatic heterocycles. The Morgan fingerprint density at radius 3 is 3.24 bits per heavy atom. The lowest BCUT2D eigenvalue weighted by Gasteiger charge is -2.37. The SMILES string of the molecule is OCC#Cc1cccc(OC2CCOC3(CCSC3)C2)c1. The van der Waals surface area contributed by atoms with Crippen LogP contribution in [0.25, 0.3) is 0 Å². The summed E-state index contributed by atoms with van der Waals surface area (Å²) in [6, 6.07) is 7.77. The Morgan fingerprint density at radius 2 is 2.43 bits per heavy atom. The van der Waals surface area contributed by atoms with Crippen molar-refractivity contribution in [3.8, 4) is 17.6 Å². The number of aliphatic hydroxyl groups is 1. The average Bonchev–Trinajstić information content (AvgIpc) is 2.93. The first kappa shape index (κ1) is 14.8. The highest BCUT2D eigenvalue weighted by molar-refractivity contribution is 7.99. The minimum absolute atomic E-state index is 0.0435. The average molecular weight is 304 g/mol. The predicted octanol–water partition coefficient (Wildman–Crippen LogP) is 2.46. The molecule has 2 saturated heterocycles. The van der Waals surface area contributed by atoms with Crippen LogP contribution >= 0.6 is 11.8 Å². The van der Waals surface area contributed by atoms with E-state index in [9.17, 15) is 0 Å². The number of hydrogen-bond acceptors (Lipinski definition) is 4. The summed E-state index contributed by atoms with van der Waals surface area (Å²) >= 11 is 1.98. The van der Waals surface area contributed by atoms with Crippen molar-refractivity contribution in [1.82, 2.24) is 0 Å². The van der Waals surface area contributed by atoms with Crippen molar-refractivity contribution in [3.05, 3.63) is 29.8 Å². The van der Waals surface area contributed by atoms with Crippen molar-refractivity contribution in [2.75, 3.05) is 24.7 Å². The van der Waals surface area contributed by atoms with Gasteiger partial charge in [0.2, 0.25) is 0 Å². The monoisotopic (exact) mass is 304 g/mol. The van der Waals surface area contributed by atoms with Gasteiger partial charge < -0.3 is 14.6 Å². The van der Waals surface area contributed by atoms with Crippen molar-refractivity contribution in [2.45, 2.75) is 31.0 Å². The molecule has 2 atom stereocenters. The van der Waals surface area contributed by atoms with Gasteiger partial charge in [-0.3, -0.25) is 0 Å². The van der Waals surface area contributed by atoms with Crippen LogP contribution in [0, 0.1) is 11.8 Å². The van der Waals surface area contributed by atoms with Crippen molar-refractivity contribution in [3.63, 3.8) is 0 Å². The summed E-state index contributed by atoms with van der Waals surface area (Å²) in [6.45, 7) is 0.667. The van der Waals surface area contributed by atoms with E-state index in [4.69, 9.17) is 14.6 Å². The van der Waals surface area contributed by atoms with Gasteiger partial charge in [0.25, 0.3) is 0 Å². The first-order valence-corrected chi connectivity index (χ1v) is 8.53. The van der Waals surface area contributed by atoms with E-state index >= 15 is 0 Å². The van der Waals surface area contributed by atoms with Gasteiger partial charge in [0.05, 0.1) is 12.2 Å². The Morgan fingerprint density at radius 1 is 1.48 bits per heavy atom. The van der Waals surface area contributed by atoms with E-state index in [0.29, 0.717) is 0 Å². The van der Waals surface area contributed by atoms with E-state index < -0.39 is 0 Å². The normalized spacial score (nSPS) is 28.1. The van der Waals surface area contributed by atoms with Gasteiger partial charge >= 0.3 is 0 Å². The summed E-state index contributed by atoms with van der Waals surface area (Å²) in [5.74, 6) is 8.71. The molecule has 112 valence electrons. The quantitative estimate of drug-likeness (QED) is 0.852. The van der Waals surface area contributed by atoms with Crippen molar-refractivity contribution < 1.29 is 14.6 Å². The summed E-state index contributed by atoms with van der Waals surface area (Å²) < 4.78 is 12.2. The van der Waals surface area contributed by atoms with Gasteiger partial charge in [0.15, 0.2) is 0 Å².